The minimum atomic E-state index is -1.05. The van der Waals surface area contributed by atoms with Crippen LogP contribution in [0.25, 0.3) is 10.9 Å². The summed E-state index contributed by atoms with van der Waals surface area (Å²) in [5.74, 6) is -2.16. The molecule has 0 aliphatic heterocycles. The average molecular weight is 392 g/mol. The molecule has 0 aliphatic carbocycles. The number of anilines is 1. The molecular weight excluding hydrogens is 372 g/mol. The lowest BCUT2D eigenvalue weighted by atomic mass is 10.0. The second kappa shape index (κ2) is 8.52. The summed E-state index contributed by atoms with van der Waals surface area (Å²) in [7, 11) is 0. The molecule has 29 heavy (non-hydrogen) atoms. The number of fused-ring (bicyclic) bond motifs is 1. The Balaban J connectivity index is 1.73. The fraction of sp³-hybridized carbons (Fsp3) is 0.182. The molecule has 0 atom stereocenters. The van der Waals surface area contributed by atoms with Crippen molar-refractivity contribution >= 4 is 34.4 Å². The zero-order chi connectivity index (χ0) is 21.0. The smallest absolute Gasteiger partial charge is 0.339 e. The molecule has 1 amide bonds. The summed E-state index contributed by atoms with van der Waals surface area (Å²) in [6.45, 7) is 3.32. The van der Waals surface area contributed by atoms with Crippen LogP contribution in [0.2, 0.25) is 0 Å². The number of hydrogen-bond donors (Lipinski definition) is 2. The molecule has 3 aromatic rings. The number of nitrogens with zero attached hydrogens (tertiary/aromatic N) is 1. The van der Waals surface area contributed by atoms with Crippen molar-refractivity contribution < 1.29 is 24.2 Å². The number of esters is 1. The number of pyridine rings is 1. The highest BCUT2D eigenvalue weighted by atomic mass is 16.5. The fourth-order valence-electron chi connectivity index (χ4n) is 3.06. The molecule has 0 unspecified atom stereocenters. The summed E-state index contributed by atoms with van der Waals surface area (Å²) in [6.07, 6.45) is 0.670. The summed E-state index contributed by atoms with van der Waals surface area (Å²) in [5, 5.41) is 12.1. The largest absolute Gasteiger partial charge is 0.478 e. The lowest BCUT2D eigenvalue weighted by Gasteiger charge is -2.13. The van der Waals surface area contributed by atoms with Crippen LogP contribution in [0.5, 0.6) is 0 Å². The van der Waals surface area contributed by atoms with Gasteiger partial charge in [0.1, 0.15) is 0 Å². The van der Waals surface area contributed by atoms with Gasteiger partial charge in [-0.25, -0.2) is 9.59 Å². The number of para-hydroxylation sites is 1. The van der Waals surface area contributed by atoms with Gasteiger partial charge in [-0.05, 0) is 49.2 Å². The molecule has 0 aliphatic rings. The summed E-state index contributed by atoms with van der Waals surface area (Å²) >= 11 is 0. The summed E-state index contributed by atoms with van der Waals surface area (Å²) in [4.78, 5) is 40.3. The number of hydrogen-bond acceptors (Lipinski definition) is 5. The highest BCUT2D eigenvalue weighted by Gasteiger charge is 2.19. The van der Waals surface area contributed by atoms with Crippen LogP contribution >= 0.6 is 0 Å². The van der Waals surface area contributed by atoms with Gasteiger partial charge in [-0.1, -0.05) is 25.1 Å². The number of carbonyl (C=O) groups is 3. The molecule has 0 saturated heterocycles. The molecule has 148 valence electrons. The Morgan fingerprint density at radius 1 is 1.07 bits per heavy atom. The molecule has 7 heteroatoms. The van der Waals surface area contributed by atoms with Gasteiger partial charge in [0, 0.05) is 16.8 Å². The maximum atomic E-state index is 12.7. The van der Waals surface area contributed by atoms with Gasteiger partial charge in [0.2, 0.25) is 0 Å². The molecule has 0 bridgehead atoms. The number of carbonyl (C=O) groups excluding carboxylic acids is 2. The van der Waals surface area contributed by atoms with Crippen molar-refractivity contribution in [2.45, 2.75) is 20.3 Å². The van der Waals surface area contributed by atoms with E-state index in [1.807, 2.05) is 32.0 Å². The number of amides is 1. The Morgan fingerprint density at radius 3 is 2.41 bits per heavy atom. The third-order valence-corrected chi connectivity index (χ3v) is 4.53. The maximum absolute atomic E-state index is 12.7. The van der Waals surface area contributed by atoms with Gasteiger partial charge in [-0.2, -0.15) is 0 Å². The van der Waals surface area contributed by atoms with E-state index < -0.39 is 24.5 Å². The first-order valence-electron chi connectivity index (χ1n) is 9.09. The summed E-state index contributed by atoms with van der Waals surface area (Å²) in [5.41, 5.74) is 3.17. The van der Waals surface area contributed by atoms with Crippen LogP contribution in [0.3, 0.4) is 0 Å². The third-order valence-electron chi connectivity index (χ3n) is 4.53. The van der Waals surface area contributed by atoms with Gasteiger partial charge in [0.15, 0.2) is 6.61 Å². The van der Waals surface area contributed by atoms with Crippen LogP contribution in [0.15, 0.2) is 48.5 Å². The van der Waals surface area contributed by atoms with Crippen LogP contribution in [-0.2, 0) is 16.0 Å². The molecule has 0 radical (unpaired) electrons. The first-order chi connectivity index (χ1) is 13.9. The predicted molar refractivity (Wildman–Crippen MR) is 108 cm³/mol. The normalized spacial score (nSPS) is 10.6. The van der Waals surface area contributed by atoms with Crippen LogP contribution < -0.4 is 5.32 Å². The maximum Gasteiger partial charge on any atom is 0.339 e. The van der Waals surface area contributed by atoms with Crippen LogP contribution in [0, 0.1) is 6.92 Å². The SMILES string of the molecule is CCc1nc2ccccc2c(C(=O)OCC(=O)Nc2ccc(C(=O)O)cc2)c1C. The molecule has 2 N–H and O–H groups in total. The minimum Gasteiger partial charge on any atom is -0.478 e. The lowest BCUT2D eigenvalue weighted by molar-refractivity contribution is -0.119. The van der Waals surface area contributed by atoms with Crippen molar-refractivity contribution in [3.8, 4) is 0 Å². The molecule has 3 rings (SSSR count). The van der Waals surface area contributed by atoms with Crippen LogP contribution in [0.1, 0.15) is 38.9 Å². The molecule has 1 heterocycles. The number of rotatable bonds is 6. The monoisotopic (exact) mass is 392 g/mol. The third kappa shape index (κ3) is 4.40. The van der Waals surface area contributed by atoms with Gasteiger partial charge < -0.3 is 15.2 Å². The predicted octanol–water partition coefficient (Wildman–Crippen LogP) is 3.60. The van der Waals surface area contributed by atoms with Gasteiger partial charge >= 0.3 is 11.9 Å². The molecule has 2 aromatic carbocycles. The second-order valence-corrected chi connectivity index (χ2v) is 6.44. The van der Waals surface area contributed by atoms with E-state index in [0.717, 1.165) is 11.3 Å². The Kier molecular flexibility index (Phi) is 5.87. The van der Waals surface area contributed by atoms with Crippen molar-refractivity contribution in [3.05, 3.63) is 70.9 Å². The number of benzene rings is 2. The average Bonchev–Trinajstić information content (AvgIpc) is 2.72. The zero-order valence-electron chi connectivity index (χ0n) is 16.1. The number of aryl methyl sites for hydroxylation is 1. The zero-order valence-corrected chi connectivity index (χ0v) is 16.1. The van der Waals surface area contributed by atoms with Gasteiger partial charge in [-0.3, -0.25) is 9.78 Å². The van der Waals surface area contributed by atoms with Gasteiger partial charge in [0.05, 0.1) is 16.6 Å². The van der Waals surface area contributed by atoms with Gasteiger partial charge in [-0.15, -0.1) is 0 Å². The highest BCUT2D eigenvalue weighted by molar-refractivity contribution is 6.06. The Bertz CT molecular complexity index is 1090. The van der Waals surface area contributed by atoms with E-state index in [1.165, 1.54) is 24.3 Å². The Morgan fingerprint density at radius 2 is 1.76 bits per heavy atom. The van der Waals surface area contributed by atoms with E-state index in [2.05, 4.69) is 10.3 Å². The minimum absolute atomic E-state index is 0.112. The van der Waals surface area contributed by atoms with E-state index in [0.29, 0.717) is 28.6 Å². The van der Waals surface area contributed by atoms with Crippen molar-refractivity contribution in [3.63, 3.8) is 0 Å². The number of aromatic nitrogens is 1. The van der Waals surface area contributed by atoms with E-state index in [9.17, 15) is 14.4 Å². The molecular formula is C22H20N2O5. The van der Waals surface area contributed by atoms with Crippen molar-refractivity contribution in [1.82, 2.24) is 4.98 Å². The Hall–Kier alpha value is -3.74. The van der Waals surface area contributed by atoms with Crippen molar-refractivity contribution in [2.24, 2.45) is 0 Å². The highest BCUT2D eigenvalue weighted by Crippen LogP contribution is 2.24. The number of aromatic carboxylic acids is 1. The fourth-order valence-corrected chi connectivity index (χ4v) is 3.06. The number of ether oxygens (including phenoxy) is 1. The summed E-state index contributed by atoms with van der Waals surface area (Å²) in [6, 6.07) is 13.0. The van der Waals surface area contributed by atoms with Crippen LogP contribution in [0.4, 0.5) is 5.69 Å². The van der Waals surface area contributed by atoms with E-state index in [4.69, 9.17) is 9.84 Å². The lowest BCUT2D eigenvalue weighted by Crippen LogP contribution is -2.21. The topological polar surface area (TPSA) is 106 Å². The van der Waals surface area contributed by atoms with E-state index in [-0.39, 0.29) is 5.56 Å². The molecule has 0 saturated carbocycles. The van der Waals surface area contributed by atoms with Crippen LogP contribution in [-0.4, -0.2) is 34.5 Å². The molecule has 7 nitrogen and oxygen atoms in total. The van der Waals surface area contributed by atoms with Crippen molar-refractivity contribution in [1.29, 1.82) is 0 Å². The van der Waals surface area contributed by atoms with Crippen molar-refractivity contribution in [2.75, 3.05) is 11.9 Å². The quantitative estimate of drug-likeness (QED) is 0.621. The first-order valence-corrected chi connectivity index (χ1v) is 9.09. The first kappa shape index (κ1) is 20.0. The molecule has 0 spiro atoms. The standard InChI is InChI=1S/C22H20N2O5/c1-3-17-13(2)20(16-6-4-5-7-18(16)24-17)22(28)29-12-19(25)23-15-10-8-14(9-11-15)21(26)27/h4-11H,3,12H2,1-2H3,(H,23,25)(H,26,27). The van der Waals surface area contributed by atoms with E-state index in [1.54, 1.807) is 6.07 Å². The summed E-state index contributed by atoms with van der Waals surface area (Å²) < 4.78 is 5.24. The molecule has 1 aromatic heterocycles. The van der Waals surface area contributed by atoms with Gasteiger partial charge in [0.25, 0.3) is 5.91 Å². The van der Waals surface area contributed by atoms with E-state index >= 15 is 0 Å². The Labute approximate surface area is 167 Å². The second-order valence-electron chi connectivity index (χ2n) is 6.44. The number of carboxylic acids is 1. The number of carboxylic acid groups (broad SMARTS) is 1. The molecule has 0 fully saturated rings. The number of nitrogens with one attached hydrogen (secondary N) is 1.